The molecular weight excluding hydrogens is 370 g/mol. The number of hydrogen-bond acceptors (Lipinski definition) is 4. The van der Waals surface area contributed by atoms with Crippen LogP contribution >= 0.6 is 11.3 Å². The van der Waals surface area contributed by atoms with Crippen LogP contribution in [0, 0.1) is 11.6 Å². The van der Waals surface area contributed by atoms with E-state index in [1.54, 1.807) is 26.4 Å². The summed E-state index contributed by atoms with van der Waals surface area (Å²) in [6, 6.07) is 8.84. The Hall–Kier alpha value is -2.93. The van der Waals surface area contributed by atoms with Crippen molar-refractivity contribution in [3.63, 3.8) is 0 Å². The topological polar surface area (TPSA) is 35.8 Å². The van der Waals surface area contributed by atoms with Crippen LogP contribution in [0.2, 0.25) is 0 Å². The van der Waals surface area contributed by atoms with E-state index in [1.165, 1.54) is 23.5 Å². The highest BCUT2D eigenvalue weighted by Crippen LogP contribution is 2.33. The van der Waals surface area contributed by atoms with E-state index in [0.29, 0.717) is 22.8 Å². The second-order valence-electron chi connectivity index (χ2n) is 5.58. The van der Waals surface area contributed by atoms with E-state index in [0.717, 1.165) is 17.3 Å². The lowest BCUT2D eigenvalue weighted by molar-refractivity contribution is 0.395. The van der Waals surface area contributed by atoms with Crippen LogP contribution in [0.25, 0.3) is 11.3 Å². The third-order valence-corrected chi connectivity index (χ3v) is 4.78. The Bertz CT molecular complexity index is 1040. The lowest BCUT2D eigenvalue weighted by Gasteiger charge is -2.12. The van der Waals surface area contributed by atoms with Crippen molar-refractivity contribution in [3.8, 4) is 22.8 Å². The van der Waals surface area contributed by atoms with Crippen LogP contribution in [-0.2, 0) is 6.54 Å². The van der Waals surface area contributed by atoms with E-state index in [1.807, 2.05) is 22.1 Å². The van der Waals surface area contributed by atoms with Gasteiger partial charge in [-0.3, -0.25) is 0 Å². The predicted molar refractivity (Wildman–Crippen MR) is 103 cm³/mol. The Morgan fingerprint density at radius 2 is 1.96 bits per heavy atom. The number of rotatable bonds is 6. The van der Waals surface area contributed by atoms with Gasteiger partial charge in [-0.05, 0) is 24.3 Å². The highest BCUT2D eigenvalue weighted by molar-refractivity contribution is 7.07. The van der Waals surface area contributed by atoms with Crippen LogP contribution in [0.1, 0.15) is 0 Å². The van der Waals surface area contributed by atoms with Gasteiger partial charge in [-0.15, -0.1) is 17.9 Å². The molecule has 0 unspecified atom stereocenters. The number of aromatic nitrogens is 1. The van der Waals surface area contributed by atoms with Gasteiger partial charge in [0.15, 0.2) is 10.6 Å². The minimum absolute atomic E-state index is 0.0734. The van der Waals surface area contributed by atoms with E-state index in [4.69, 9.17) is 9.47 Å². The van der Waals surface area contributed by atoms with Crippen LogP contribution in [0.5, 0.6) is 11.5 Å². The number of thiazole rings is 1. The molecule has 0 amide bonds. The summed E-state index contributed by atoms with van der Waals surface area (Å²) in [5, 5.41) is 1.91. The van der Waals surface area contributed by atoms with E-state index >= 15 is 0 Å². The highest BCUT2D eigenvalue weighted by Gasteiger charge is 2.14. The van der Waals surface area contributed by atoms with Gasteiger partial charge in [-0.25, -0.2) is 13.8 Å². The molecule has 1 heterocycles. The summed E-state index contributed by atoms with van der Waals surface area (Å²) < 4.78 is 39.8. The number of halogens is 2. The number of hydrogen-bond donors (Lipinski definition) is 0. The summed E-state index contributed by atoms with van der Waals surface area (Å²) in [4.78, 5) is 4.93. The number of methoxy groups -OCH3 is 2. The van der Waals surface area contributed by atoms with E-state index in [-0.39, 0.29) is 5.69 Å². The molecule has 0 spiro atoms. The number of ether oxygens (including phenoxy) is 2. The van der Waals surface area contributed by atoms with E-state index in [2.05, 4.69) is 11.6 Å². The Morgan fingerprint density at radius 3 is 2.63 bits per heavy atom. The molecule has 4 nitrogen and oxygen atoms in total. The fourth-order valence-corrected chi connectivity index (χ4v) is 3.55. The lowest BCUT2D eigenvalue weighted by atomic mass is 10.1. The van der Waals surface area contributed by atoms with Crippen LogP contribution in [0.3, 0.4) is 0 Å². The zero-order valence-electron chi connectivity index (χ0n) is 14.9. The lowest BCUT2D eigenvalue weighted by Crippen LogP contribution is -2.15. The molecule has 0 radical (unpaired) electrons. The summed E-state index contributed by atoms with van der Waals surface area (Å²) in [5.74, 6) is -0.0266. The molecule has 0 saturated carbocycles. The molecule has 0 aliphatic carbocycles. The maximum Gasteiger partial charge on any atom is 0.190 e. The molecule has 3 aromatic rings. The predicted octanol–water partition coefficient (Wildman–Crippen LogP) is 4.93. The minimum Gasteiger partial charge on any atom is -0.497 e. The molecule has 0 saturated heterocycles. The summed E-state index contributed by atoms with van der Waals surface area (Å²) >= 11 is 1.35. The molecule has 1 aromatic heterocycles. The maximum absolute atomic E-state index is 14.0. The molecule has 27 heavy (non-hydrogen) atoms. The molecule has 0 atom stereocenters. The van der Waals surface area contributed by atoms with Crippen molar-refractivity contribution in [3.05, 3.63) is 70.9 Å². The van der Waals surface area contributed by atoms with Gasteiger partial charge in [-0.1, -0.05) is 6.08 Å². The average molecular weight is 388 g/mol. The average Bonchev–Trinajstić information content (AvgIpc) is 3.06. The third-order valence-electron chi connectivity index (χ3n) is 3.92. The van der Waals surface area contributed by atoms with Gasteiger partial charge >= 0.3 is 0 Å². The SMILES string of the molecule is C=CCn1c(-c2ccc(OC)cc2OC)csc1=Nc1ccc(F)cc1F. The Labute approximate surface area is 159 Å². The Kier molecular flexibility index (Phi) is 5.71. The molecule has 0 aliphatic heterocycles. The fourth-order valence-electron chi connectivity index (χ4n) is 2.63. The maximum atomic E-state index is 14.0. The summed E-state index contributed by atoms with van der Waals surface area (Å²) in [6.07, 6.45) is 1.73. The van der Waals surface area contributed by atoms with Crippen molar-refractivity contribution in [2.24, 2.45) is 4.99 Å². The molecule has 0 bridgehead atoms. The molecular formula is C20H18F2N2O2S. The molecule has 0 fully saturated rings. The first-order valence-electron chi connectivity index (χ1n) is 8.08. The van der Waals surface area contributed by atoms with Gasteiger partial charge in [0.2, 0.25) is 0 Å². The van der Waals surface area contributed by atoms with Gasteiger partial charge < -0.3 is 14.0 Å². The second kappa shape index (κ2) is 8.18. The summed E-state index contributed by atoms with van der Waals surface area (Å²) in [7, 11) is 3.17. The Balaban J connectivity index is 2.17. The second-order valence-corrected chi connectivity index (χ2v) is 6.41. The van der Waals surface area contributed by atoms with Crippen molar-refractivity contribution in [2.75, 3.05) is 14.2 Å². The quantitative estimate of drug-likeness (QED) is 0.561. The Morgan fingerprint density at radius 1 is 1.15 bits per heavy atom. The molecule has 7 heteroatoms. The van der Waals surface area contributed by atoms with Gasteiger partial charge in [-0.2, -0.15) is 0 Å². The van der Waals surface area contributed by atoms with Gasteiger partial charge in [0.05, 0.1) is 19.9 Å². The largest absolute Gasteiger partial charge is 0.497 e. The fraction of sp³-hybridized carbons (Fsp3) is 0.150. The molecule has 0 aliphatic rings. The van der Waals surface area contributed by atoms with Crippen molar-refractivity contribution >= 4 is 17.0 Å². The first-order chi connectivity index (χ1) is 13.1. The number of allylic oxidation sites excluding steroid dienone is 1. The first kappa shape index (κ1) is 18.8. The standard InChI is InChI=1S/C20H18F2N2O2S/c1-4-9-24-18(15-7-6-14(25-2)11-19(15)26-3)12-27-20(24)23-17-8-5-13(21)10-16(17)22/h4-8,10-12H,1,9H2,2-3H3. The molecule has 0 N–H and O–H groups in total. The van der Waals surface area contributed by atoms with Gasteiger partial charge in [0.1, 0.15) is 23.0 Å². The normalized spacial score (nSPS) is 11.5. The zero-order valence-corrected chi connectivity index (χ0v) is 15.7. The van der Waals surface area contributed by atoms with Gasteiger partial charge in [0, 0.05) is 29.6 Å². The highest BCUT2D eigenvalue weighted by atomic mass is 32.1. The van der Waals surface area contributed by atoms with Crippen molar-refractivity contribution in [2.45, 2.75) is 6.54 Å². The summed E-state index contributed by atoms with van der Waals surface area (Å²) in [6.45, 7) is 4.25. The minimum atomic E-state index is -0.711. The number of nitrogens with zero attached hydrogens (tertiary/aromatic N) is 2. The third kappa shape index (κ3) is 3.93. The number of benzene rings is 2. The van der Waals surface area contributed by atoms with E-state index in [9.17, 15) is 8.78 Å². The first-order valence-corrected chi connectivity index (χ1v) is 8.96. The van der Waals surface area contributed by atoms with Crippen LogP contribution in [-0.4, -0.2) is 18.8 Å². The smallest absolute Gasteiger partial charge is 0.190 e. The zero-order chi connectivity index (χ0) is 19.4. The molecule has 140 valence electrons. The molecule has 2 aromatic carbocycles. The van der Waals surface area contributed by atoms with Crippen molar-refractivity contribution in [1.82, 2.24) is 4.57 Å². The monoisotopic (exact) mass is 388 g/mol. The van der Waals surface area contributed by atoms with Crippen molar-refractivity contribution in [1.29, 1.82) is 0 Å². The van der Waals surface area contributed by atoms with Crippen LogP contribution in [0.15, 0.2) is 59.4 Å². The van der Waals surface area contributed by atoms with Crippen molar-refractivity contribution < 1.29 is 18.3 Å². The van der Waals surface area contributed by atoms with Gasteiger partial charge in [0.25, 0.3) is 0 Å². The van der Waals surface area contributed by atoms with Crippen LogP contribution < -0.4 is 14.3 Å². The summed E-state index contributed by atoms with van der Waals surface area (Å²) in [5.41, 5.74) is 1.77. The van der Waals surface area contributed by atoms with Crippen LogP contribution in [0.4, 0.5) is 14.5 Å². The molecule has 3 rings (SSSR count). The van der Waals surface area contributed by atoms with E-state index < -0.39 is 11.6 Å².